The van der Waals surface area contributed by atoms with Gasteiger partial charge in [0, 0.05) is 17.6 Å². The maximum Gasteiger partial charge on any atom is 0.309 e. The van der Waals surface area contributed by atoms with E-state index in [-0.39, 0.29) is 29.6 Å². The quantitative estimate of drug-likeness (QED) is 0.761. The third kappa shape index (κ3) is 3.47. The molecule has 1 aliphatic heterocycles. The van der Waals surface area contributed by atoms with Gasteiger partial charge in [-0.25, -0.2) is 0 Å². The van der Waals surface area contributed by atoms with E-state index in [1.165, 1.54) is 19.3 Å². The number of hydrogen-bond donors (Lipinski definition) is 2. The van der Waals surface area contributed by atoms with Crippen molar-refractivity contribution in [3.63, 3.8) is 0 Å². The second-order valence-corrected chi connectivity index (χ2v) is 8.38. The first-order valence-electron chi connectivity index (χ1n) is 10.3. The van der Waals surface area contributed by atoms with E-state index in [0.29, 0.717) is 19.6 Å². The smallest absolute Gasteiger partial charge is 0.309 e. The molecule has 0 aromatic rings. The van der Waals surface area contributed by atoms with Crippen molar-refractivity contribution >= 4 is 5.97 Å². The molecule has 144 valence electrons. The summed E-state index contributed by atoms with van der Waals surface area (Å²) in [5, 5.41) is 20.8. The second kappa shape index (κ2) is 7.93. The lowest BCUT2D eigenvalue weighted by molar-refractivity contribution is -0.183. The molecule has 25 heavy (non-hydrogen) atoms. The normalized spacial score (nSPS) is 35.8. The molecule has 2 spiro atoms. The molecule has 1 saturated heterocycles. The zero-order valence-corrected chi connectivity index (χ0v) is 15.7. The van der Waals surface area contributed by atoms with Crippen LogP contribution >= 0.6 is 0 Å². The summed E-state index contributed by atoms with van der Waals surface area (Å²) in [5.74, 6) is -0.214. The van der Waals surface area contributed by atoms with Gasteiger partial charge in [-0.3, -0.25) is 9.69 Å². The number of aliphatic hydroxyl groups excluding tert-OH is 2. The number of esters is 1. The lowest BCUT2D eigenvalue weighted by Gasteiger charge is -2.63. The molecule has 0 aromatic heterocycles. The van der Waals surface area contributed by atoms with Gasteiger partial charge in [0.1, 0.15) is 0 Å². The fourth-order valence-electron chi connectivity index (χ4n) is 6.08. The number of nitrogens with zero attached hydrogens (tertiary/aromatic N) is 1. The lowest BCUT2D eigenvalue weighted by atomic mass is 9.61. The van der Waals surface area contributed by atoms with Crippen LogP contribution < -0.4 is 0 Å². The number of carbonyl (C=O) groups is 1. The van der Waals surface area contributed by atoms with E-state index >= 15 is 0 Å². The maximum absolute atomic E-state index is 12.6. The van der Waals surface area contributed by atoms with Crippen molar-refractivity contribution in [2.75, 3.05) is 19.8 Å². The van der Waals surface area contributed by atoms with Crippen molar-refractivity contribution in [1.82, 2.24) is 4.90 Å². The van der Waals surface area contributed by atoms with E-state index in [1.54, 1.807) is 0 Å². The summed E-state index contributed by atoms with van der Waals surface area (Å²) in [7, 11) is 0. The largest absolute Gasteiger partial charge is 0.466 e. The standard InChI is InChI=1S/C20H35NO4/c1-2-25-18(24)16-14-19(9-5-3-6-10-19)21(12-13-22)20(15-16)11-7-4-8-17(20)23/h16-17,22-23H,2-15H2,1H3. The highest BCUT2D eigenvalue weighted by molar-refractivity contribution is 5.73. The van der Waals surface area contributed by atoms with Crippen molar-refractivity contribution in [2.45, 2.75) is 94.7 Å². The Labute approximate surface area is 151 Å². The molecular weight excluding hydrogens is 318 g/mol. The maximum atomic E-state index is 12.6. The van der Waals surface area contributed by atoms with E-state index in [0.717, 1.165) is 44.9 Å². The summed E-state index contributed by atoms with van der Waals surface area (Å²) in [4.78, 5) is 15.1. The van der Waals surface area contributed by atoms with Crippen molar-refractivity contribution in [3.8, 4) is 0 Å². The van der Waals surface area contributed by atoms with Crippen LogP contribution in [0.3, 0.4) is 0 Å². The van der Waals surface area contributed by atoms with E-state index in [1.807, 2.05) is 6.92 Å². The van der Waals surface area contributed by atoms with Gasteiger partial charge in [-0.2, -0.15) is 0 Å². The monoisotopic (exact) mass is 353 g/mol. The highest BCUT2D eigenvalue weighted by atomic mass is 16.5. The number of ether oxygens (including phenoxy) is 1. The zero-order valence-electron chi connectivity index (χ0n) is 15.7. The summed E-state index contributed by atoms with van der Waals surface area (Å²) in [6, 6.07) is 0. The number of aliphatic hydroxyl groups is 2. The molecule has 3 rings (SSSR count). The van der Waals surface area contributed by atoms with Gasteiger partial charge >= 0.3 is 5.97 Å². The predicted molar refractivity (Wildman–Crippen MR) is 96.2 cm³/mol. The summed E-state index contributed by atoms with van der Waals surface area (Å²) in [6.07, 6.45) is 10.7. The first-order chi connectivity index (χ1) is 12.1. The van der Waals surface area contributed by atoms with Gasteiger partial charge in [0.2, 0.25) is 0 Å². The second-order valence-electron chi connectivity index (χ2n) is 8.38. The molecule has 0 radical (unpaired) electrons. The molecule has 2 N–H and O–H groups in total. The molecule has 5 heteroatoms. The van der Waals surface area contributed by atoms with Crippen molar-refractivity contribution in [2.24, 2.45) is 5.92 Å². The Morgan fingerprint density at radius 1 is 1.12 bits per heavy atom. The van der Waals surface area contributed by atoms with Crippen LogP contribution in [-0.4, -0.2) is 58.0 Å². The molecular formula is C20H35NO4. The van der Waals surface area contributed by atoms with Crippen LogP contribution in [0, 0.1) is 5.92 Å². The van der Waals surface area contributed by atoms with Crippen LogP contribution in [0.5, 0.6) is 0 Å². The van der Waals surface area contributed by atoms with E-state index in [9.17, 15) is 15.0 Å². The van der Waals surface area contributed by atoms with Crippen LogP contribution in [0.1, 0.15) is 77.6 Å². The average molecular weight is 354 g/mol. The van der Waals surface area contributed by atoms with E-state index in [2.05, 4.69) is 4.90 Å². The Hall–Kier alpha value is -0.650. The fourth-order valence-corrected chi connectivity index (χ4v) is 6.08. The molecule has 3 atom stereocenters. The van der Waals surface area contributed by atoms with Crippen molar-refractivity contribution in [3.05, 3.63) is 0 Å². The highest BCUT2D eigenvalue weighted by Crippen LogP contribution is 2.53. The summed E-state index contributed by atoms with van der Waals surface area (Å²) in [5.41, 5.74) is -0.428. The first kappa shape index (κ1) is 19.1. The lowest BCUT2D eigenvalue weighted by Crippen LogP contribution is -2.71. The van der Waals surface area contributed by atoms with Crippen LogP contribution in [-0.2, 0) is 9.53 Å². The highest BCUT2D eigenvalue weighted by Gasteiger charge is 2.58. The Kier molecular flexibility index (Phi) is 6.07. The molecule has 5 nitrogen and oxygen atoms in total. The van der Waals surface area contributed by atoms with Gasteiger partial charge in [-0.05, 0) is 45.4 Å². The molecule has 3 fully saturated rings. The zero-order chi connectivity index (χ0) is 17.9. The number of carbonyl (C=O) groups excluding carboxylic acids is 1. The molecule has 1 heterocycles. The Morgan fingerprint density at radius 3 is 2.48 bits per heavy atom. The molecule has 0 amide bonds. The number of rotatable bonds is 4. The van der Waals surface area contributed by atoms with Gasteiger partial charge < -0.3 is 14.9 Å². The molecule has 2 aliphatic carbocycles. The van der Waals surface area contributed by atoms with Gasteiger partial charge in [0.05, 0.1) is 25.2 Å². The summed E-state index contributed by atoms with van der Waals surface area (Å²) in [6.45, 7) is 2.99. The van der Waals surface area contributed by atoms with Gasteiger partial charge in [-0.1, -0.05) is 32.1 Å². The Morgan fingerprint density at radius 2 is 1.84 bits per heavy atom. The van der Waals surface area contributed by atoms with Crippen LogP contribution in [0.4, 0.5) is 0 Å². The minimum absolute atomic E-state index is 0.0605. The SMILES string of the molecule is CCOC(=O)C1CC2(CCCCC2)N(CCO)C2(CCCCC2O)C1. The molecule has 3 aliphatic rings. The molecule has 3 unspecified atom stereocenters. The first-order valence-corrected chi connectivity index (χ1v) is 10.3. The van der Waals surface area contributed by atoms with Crippen molar-refractivity contribution < 1.29 is 19.7 Å². The van der Waals surface area contributed by atoms with Crippen LogP contribution in [0.25, 0.3) is 0 Å². The van der Waals surface area contributed by atoms with Gasteiger partial charge in [0.15, 0.2) is 0 Å². The molecule has 2 saturated carbocycles. The van der Waals surface area contributed by atoms with E-state index in [4.69, 9.17) is 4.74 Å². The van der Waals surface area contributed by atoms with Crippen LogP contribution in [0.15, 0.2) is 0 Å². The average Bonchev–Trinajstić information content (AvgIpc) is 2.61. The minimum atomic E-state index is -0.413. The summed E-state index contributed by atoms with van der Waals surface area (Å²) >= 11 is 0. The van der Waals surface area contributed by atoms with Gasteiger partial charge in [-0.15, -0.1) is 0 Å². The number of piperidine rings is 1. The molecule has 0 aromatic carbocycles. The topological polar surface area (TPSA) is 70.0 Å². The van der Waals surface area contributed by atoms with Crippen LogP contribution in [0.2, 0.25) is 0 Å². The fraction of sp³-hybridized carbons (Fsp3) is 0.950. The number of likely N-dealkylation sites (tertiary alicyclic amines) is 1. The minimum Gasteiger partial charge on any atom is -0.466 e. The molecule has 0 bridgehead atoms. The Balaban J connectivity index is 1.98. The van der Waals surface area contributed by atoms with E-state index < -0.39 is 6.10 Å². The predicted octanol–water partition coefficient (Wildman–Crippen LogP) is 2.63. The third-order valence-electron chi connectivity index (χ3n) is 7.02. The third-order valence-corrected chi connectivity index (χ3v) is 7.02. The Bertz CT molecular complexity index is 463. The number of β-amino-alcohol motifs (C(OH)–C–C–N with tert-alkyl or cyclic N) is 1. The van der Waals surface area contributed by atoms with Gasteiger partial charge in [0.25, 0.3) is 0 Å². The summed E-state index contributed by atoms with van der Waals surface area (Å²) < 4.78 is 5.39. The number of hydrogen-bond acceptors (Lipinski definition) is 5. The van der Waals surface area contributed by atoms with Crippen molar-refractivity contribution in [1.29, 1.82) is 0 Å².